The maximum atomic E-state index is 12.6. The maximum Gasteiger partial charge on any atom is 0.255 e. The van der Waals surface area contributed by atoms with Gasteiger partial charge in [0, 0.05) is 11.3 Å². The van der Waals surface area contributed by atoms with E-state index in [-0.39, 0.29) is 5.91 Å². The van der Waals surface area contributed by atoms with Gasteiger partial charge < -0.3 is 10.1 Å². The van der Waals surface area contributed by atoms with E-state index in [4.69, 9.17) is 4.74 Å². The van der Waals surface area contributed by atoms with Gasteiger partial charge in [0.05, 0.1) is 11.1 Å². The van der Waals surface area contributed by atoms with Crippen LogP contribution in [-0.2, 0) is 0 Å². The Balaban J connectivity index is 2.03. The lowest BCUT2D eigenvalue weighted by molar-refractivity contribution is 0.102. The van der Waals surface area contributed by atoms with E-state index in [0.717, 1.165) is 33.5 Å². The molecular formula is C22H28BrNO2. The molecule has 0 aliphatic carbocycles. The van der Waals surface area contributed by atoms with Gasteiger partial charge in [0.2, 0.25) is 0 Å². The molecule has 0 radical (unpaired) electrons. The third kappa shape index (κ3) is 5.60. The SMILES string of the molecule is CCCCCCOc1ccc(C(=O)Nc2c(C)cc(C)cc2C)cc1Br. The topological polar surface area (TPSA) is 38.3 Å². The Kier molecular flexibility index (Phi) is 7.70. The summed E-state index contributed by atoms with van der Waals surface area (Å²) < 4.78 is 6.61. The van der Waals surface area contributed by atoms with Crippen LogP contribution in [0.3, 0.4) is 0 Å². The van der Waals surface area contributed by atoms with Crippen molar-refractivity contribution >= 4 is 27.5 Å². The molecule has 140 valence electrons. The van der Waals surface area contributed by atoms with Crippen LogP contribution in [0.5, 0.6) is 5.75 Å². The van der Waals surface area contributed by atoms with Crippen molar-refractivity contribution in [2.75, 3.05) is 11.9 Å². The van der Waals surface area contributed by atoms with Crippen LogP contribution >= 0.6 is 15.9 Å². The van der Waals surface area contributed by atoms with Crippen LogP contribution in [0.1, 0.15) is 59.7 Å². The van der Waals surface area contributed by atoms with E-state index in [9.17, 15) is 4.79 Å². The first-order valence-electron chi connectivity index (χ1n) is 9.24. The van der Waals surface area contributed by atoms with Gasteiger partial charge in [-0.05, 0) is 72.4 Å². The first kappa shape index (κ1) is 20.5. The fourth-order valence-corrected chi connectivity index (χ4v) is 3.53. The molecule has 0 heterocycles. The minimum absolute atomic E-state index is 0.116. The molecule has 1 amide bonds. The number of rotatable bonds is 8. The summed E-state index contributed by atoms with van der Waals surface area (Å²) in [5.74, 6) is 0.663. The molecule has 0 bridgehead atoms. The third-order valence-corrected chi connectivity index (χ3v) is 4.98. The summed E-state index contributed by atoms with van der Waals surface area (Å²) in [5.41, 5.74) is 4.83. The Labute approximate surface area is 165 Å². The molecule has 0 aromatic heterocycles. The number of nitrogens with one attached hydrogen (secondary N) is 1. The molecule has 0 atom stereocenters. The molecule has 26 heavy (non-hydrogen) atoms. The van der Waals surface area contributed by atoms with Gasteiger partial charge in [-0.2, -0.15) is 0 Å². The highest BCUT2D eigenvalue weighted by atomic mass is 79.9. The molecule has 1 N–H and O–H groups in total. The quantitative estimate of drug-likeness (QED) is 0.492. The number of amides is 1. The minimum Gasteiger partial charge on any atom is -0.492 e. The highest BCUT2D eigenvalue weighted by Gasteiger charge is 2.12. The average Bonchev–Trinajstić information content (AvgIpc) is 2.58. The first-order chi connectivity index (χ1) is 12.4. The molecule has 0 fully saturated rings. The third-order valence-electron chi connectivity index (χ3n) is 4.37. The lowest BCUT2D eigenvalue weighted by Gasteiger charge is -2.14. The van der Waals surface area contributed by atoms with Gasteiger partial charge in [-0.1, -0.05) is 43.9 Å². The number of anilines is 1. The predicted molar refractivity (Wildman–Crippen MR) is 112 cm³/mol. The zero-order chi connectivity index (χ0) is 19.1. The van der Waals surface area contributed by atoms with E-state index in [0.29, 0.717) is 12.2 Å². The van der Waals surface area contributed by atoms with Crippen molar-refractivity contribution in [3.8, 4) is 5.75 Å². The fraction of sp³-hybridized carbons (Fsp3) is 0.409. The largest absolute Gasteiger partial charge is 0.492 e. The molecule has 0 saturated carbocycles. The molecule has 3 nitrogen and oxygen atoms in total. The monoisotopic (exact) mass is 417 g/mol. The second-order valence-electron chi connectivity index (χ2n) is 6.78. The zero-order valence-corrected chi connectivity index (χ0v) is 17.7. The Hall–Kier alpha value is -1.81. The van der Waals surface area contributed by atoms with Crippen molar-refractivity contribution in [2.24, 2.45) is 0 Å². The molecule has 2 rings (SSSR count). The number of hydrogen-bond donors (Lipinski definition) is 1. The number of benzene rings is 2. The van der Waals surface area contributed by atoms with Gasteiger partial charge in [0.15, 0.2) is 0 Å². The van der Waals surface area contributed by atoms with Gasteiger partial charge in [0.25, 0.3) is 5.91 Å². The average molecular weight is 418 g/mol. The lowest BCUT2D eigenvalue weighted by atomic mass is 10.0. The van der Waals surface area contributed by atoms with Crippen LogP contribution < -0.4 is 10.1 Å². The van der Waals surface area contributed by atoms with Gasteiger partial charge >= 0.3 is 0 Å². The summed E-state index contributed by atoms with van der Waals surface area (Å²) >= 11 is 3.52. The maximum absolute atomic E-state index is 12.6. The molecule has 0 aliphatic heterocycles. The molecule has 2 aromatic carbocycles. The number of carbonyl (C=O) groups is 1. The van der Waals surface area contributed by atoms with Crippen molar-refractivity contribution in [3.63, 3.8) is 0 Å². The summed E-state index contributed by atoms with van der Waals surface area (Å²) in [7, 11) is 0. The molecule has 0 saturated heterocycles. The van der Waals surface area contributed by atoms with Crippen molar-refractivity contribution < 1.29 is 9.53 Å². The molecule has 4 heteroatoms. The van der Waals surface area contributed by atoms with Gasteiger partial charge in [-0.25, -0.2) is 0 Å². The number of carbonyl (C=O) groups excluding carboxylic acids is 1. The van der Waals surface area contributed by atoms with Crippen LogP contribution in [0.15, 0.2) is 34.8 Å². The van der Waals surface area contributed by atoms with Crippen LogP contribution in [0.4, 0.5) is 5.69 Å². The summed E-state index contributed by atoms with van der Waals surface area (Å²) in [4.78, 5) is 12.6. The second kappa shape index (κ2) is 9.77. The Morgan fingerprint density at radius 3 is 2.35 bits per heavy atom. The molecule has 0 unspecified atom stereocenters. The second-order valence-corrected chi connectivity index (χ2v) is 7.64. The van der Waals surface area contributed by atoms with E-state index in [1.165, 1.54) is 24.8 Å². The number of halogens is 1. The zero-order valence-electron chi connectivity index (χ0n) is 16.1. The summed E-state index contributed by atoms with van der Waals surface area (Å²) in [6.45, 7) is 8.98. The van der Waals surface area contributed by atoms with E-state index in [1.54, 1.807) is 6.07 Å². The minimum atomic E-state index is -0.116. The van der Waals surface area contributed by atoms with Crippen molar-refractivity contribution in [2.45, 2.75) is 53.4 Å². The normalized spacial score (nSPS) is 10.7. The predicted octanol–water partition coefficient (Wildman–Crippen LogP) is 6.59. The van der Waals surface area contributed by atoms with Crippen molar-refractivity contribution in [1.82, 2.24) is 0 Å². The standard InChI is InChI=1S/C22H28BrNO2/c1-5-6-7-8-11-26-20-10-9-18(14-19(20)23)22(25)24-21-16(3)12-15(2)13-17(21)4/h9-10,12-14H,5-8,11H2,1-4H3,(H,24,25). The van der Waals surface area contributed by atoms with Crippen LogP contribution in [0.2, 0.25) is 0 Å². The highest BCUT2D eigenvalue weighted by Crippen LogP contribution is 2.28. The number of ether oxygens (including phenoxy) is 1. The summed E-state index contributed by atoms with van der Waals surface area (Å²) in [6, 6.07) is 9.63. The first-order valence-corrected chi connectivity index (χ1v) is 10.0. The summed E-state index contributed by atoms with van der Waals surface area (Å²) in [5, 5.41) is 3.03. The number of unbranched alkanes of at least 4 members (excludes halogenated alkanes) is 3. The van der Waals surface area contributed by atoms with Crippen molar-refractivity contribution in [3.05, 3.63) is 57.1 Å². The van der Waals surface area contributed by atoms with Gasteiger partial charge in [0.1, 0.15) is 5.75 Å². The van der Waals surface area contributed by atoms with Gasteiger partial charge in [-0.3, -0.25) is 4.79 Å². The summed E-state index contributed by atoms with van der Waals surface area (Å²) in [6.07, 6.45) is 4.69. The number of aryl methyl sites for hydroxylation is 3. The van der Waals surface area contributed by atoms with E-state index in [2.05, 4.69) is 47.2 Å². The fourth-order valence-electron chi connectivity index (χ4n) is 3.03. The highest BCUT2D eigenvalue weighted by molar-refractivity contribution is 9.10. The molecule has 2 aromatic rings. The Morgan fingerprint density at radius 1 is 1.04 bits per heavy atom. The Bertz CT molecular complexity index is 748. The lowest BCUT2D eigenvalue weighted by Crippen LogP contribution is -2.14. The number of hydrogen-bond acceptors (Lipinski definition) is 2. The molecule has 0 spiro atoms. The van der Waals surface area contributed by atoms with E-state index >= 15 is 0 Å². The van der Waals surface area contributed by atoms with E-state index < -0.39 is 0 Å². The van der Waals surface area contributed by atoms with Crippen molar-refractivity contribution in [1.29, 1.82) is 0 Å². The van der Waals surface area contributed by atoms with E-state index in [1.807, 2.05) is 26.0 Å². The molecular weight excluding hydrogens is 390 g/mol. The Morgan fingerprint density at radius 2 is 1.73 bits per heavy atom. The van der Waals surface area contributed by atoms with Gasteiger partial charge in [-0.15, -0.1) is 0 Å². The van der Waals surface area contributed by atoms with Crippen LogP contribution in [0, 0.1) is 20.8 Å². The smallest absolute Gasteiger partial charge is 0.255 e. The molecule has 0 aliphatic rings. The van der Waals surface area contributed by atoms with Crippen LogP contribution in [-0.4, -0.2) is 12.5 Å². The van der Waals surface area contributed by atoms with Crippen LogP contribution in [0.25, 0.3) is 0 Å².